The van der Waals surface area contributed by atoms with Gasteiger partial charge in [0, 0.05) is 12.6 Å². The number of hydrogen-bond acceptors (Lipinski definition) is 5. The number of nitrogens with one attached hydrogen (secondary N) is 1. The molecule has 6 heteroatoms. The maximum atomic E-state index is 11.1. The van der Waals surface area contributed by atoms with E-state index in [9.17, 15) is 10.1 Å². The highest BCUT2D eigenvalue weighted by atomic mass is 16.6. The van der Waals surface area contributed by atoms with Gasteiger partial charge in [-0.15, -0.1) is 0 Å². The van der Waals surface area contributed by atoms with E-state index in [1.54, 1.807) is 6.07 Å². The summed E-state index contributed by atoms with van der Waals surface area (Å²) in [5, 5.41) is 11.1. The number of nitro benzene ring substituents is 1. The van der Waals surface area contributed by atoms with Gasteiger partial charge in [0.05, 0.1) is 4.92 Å². The van der Waals surface area contributed by atoms with E-state index in [4.69, 9.17) is 5.84 Å². The summed E-state index contributed by atoms with van der Waals surface area (Å²) in [4.78, 5) is 13.0. The quantitative estimate of drug-likeness (QED) is 0.495. The first-order valence-corrected chi connectivity index (χ1v) is 7.61. The molecule has 2 rings (SSSR count). The topological polar surface area (TPSA) is 84.4 Å². The molecule has 1 aromatic rings. The van der Waals surface area contributed by atoms with Crippen molar-refractivity contribution in [3.05, 3.63) is 33.9 Å². The first-order valence-electron chi connectivity index (χ1n) is 7.61. The van der Waals surface area contributed by atoms with Crippen molar-refractivity contribution in [3.8, 4) is 0 Å². The van der Waals surface area contributed by atoms with Crippen molar-refractivity contribution >= 4 is 11.4 Å². The van der Waals surface area contributed by atoms with Gasteiger partial charge in [-0.3, -0.25) is 20.9 Å². The summed E-state index contributed by atoms with van der Waals surface area (Å²) in [6, 6.07) is 5.11. The standard InChI is InChI=1S/C15H24N4O2/c1-2-12-5-4-9-18(10-8-12)11-13-6-3-7-14(19(20)21)15(13)17-16/h3,6-7,12,17H,2,4-5,8-11,16H2,1H3. The van der Waals surface area contributed by atoms with Gasteiger partial charge in [0.15, 0.2) is 0 Å². The van der Waals surface area contributed by atoms with E-state index in [1.807, 2.05) is 6.07 Å². The molecular formula is C15H24N4O2. The number of rotatable bonds is 5. The number of hydrogen-bond donors (Lipinski definition) is 2. The predicted molar refractivity (Wildman–Crippen MR) is 83.8 cm³/mol. The van der Waals surface area contributed by atoms with Crippen molar-refractivity contribution < 1.29 is 4.92 Å². The van der Waals surface area contributed by atoms with Gasteiger partial charge in [-0.05, 0) is 43.8 Å². The molecule has 1 aromatic carbocycles. The first kappa shape index (κ1) is 15.7. The molecule has 6 nitrogen and oxygen atoms in total. The number of nitro groups is 1. The van der Waals surface area contributed by atoms with Crippen LogP contribution < -0.4 is 11.3 Å². The largest absolute Gasteiger partial charge is 0.318 e. The van der Waals surface area contributed by atoms with Gasteiger partial charge in [0.1, 0.15) is 5.69 Å². The van der Waals surface area contributed by atoms with Crippen molar-refractivity contribution in [1.29, 1.82) is 0 Å². The van der Waals surface area contributed by atoms with Gasteiger partial charge in [-0.2, -0.15) is 0 Å². The Hall–Kier alpha value is -1.66. The van der Waals surface area contributed by atoms with Crippen molar-refractivity contribution in [1.82, 2.24) is 4.90 Å². The summed E-state index contributed by atoms with van der Waals surface area (Å²) >= 11 is 0. The molecule has 3 N–H and O–H groups in total. The lowest BCUT2D eigenvalue weighted by Crippen LogP contribution is -2.25. The number of anilines is 1. The van der Waals surface area contributed by atoms with Gasteiger partial charge in [-0.25, -0.2) is 0 Å². The van der Waals surface area contributed by atoms with E-state index in [1.165, 1.54) is 31.7 Å². The Labute approximate surface area is 125 Å². The van der Waals surface area contributed by atoms with Crippen LogP contribution in [0.25, 0.3) is 0 Å². The Kier molecular flexibility index (Phi) is 5.52. The molecule has 0 aromatic heterocycles. The molecular weight excluding hydrogens is 268 g/mol. The summed E-state index contributed by atoms with van der Waals surface area (Å²) in [5.74, 6) is 6.31. The number of benzene rings is 1. The number of hydrazine groups is 1. The minimum Gasteiger partial charge on any atom is -0.318 e. The maximum absolute atomic E-state index is 11.1. The summed E-state index contributed by atoms with van der Waals surface area (Å²) in [6.45, 7) is 5.05. The Bertz CT molecular complexity index is 493. The Morgan fingerprint density at radius 3 is 2.90 bits per heavy atom. The van der Waals surface area contributed by atoms with E-state index >= 15 is 0 Å². The van der Waals surface area contributed by atoms with Gasteiger partial charge in [0.25, 0.3) is 5.69 Å². The van der Waals surface area contributed by atoms with Crippen molar-refractivity contribution in [3.63, 3.8) is 0 Å². The van der Waals surface area contributed by atoms with Crippen LogP contribution in [0.4, 0.5) is 11.4 Å². The molecule has 0 saturated carbocycles. The number of likely N-dealkylation sites (tertiary alicyclic amines) is 1. The van der Waals surface area contributed by atoms with Gasteiger partial charge < -0.3 is 5.43 Å². The lowest BCUT2D eigenvalue weighted by molar-refractivity contribution is -0.384. The van der Waals surface area contributed by atoms with Gasteiger partial charge in [0.2, 0.25) is 0 Å². The van der Waals surface area contributed by atoms with Crippen LogP contribution in [0.15, 0.2) is 18.2 Å². The first-order chi connectivity index (χ1) is 10.2. The molecule has 116 valence electrons. The molecule has 1 atom stereocenters. The maximum Gasteiger partial charge on any atom is 0.293 e. The average molecular weight is 292 g/mol. The molecule has 1 saturated heterocycles. The summed E-state index contributed by atoms with van der Waals surface area (Å²) < 4.78 is 0. The number of nitrogens with zero attached hydrogens (tertiary/aromatic N) is 2. The zero-order valence-electron chi connectivity index (χ0n) is 12.5. The second kappa shape index (κ2) is 7.38. The third-order valence-electron chi connectivity index (χ3n) is 4.38. The van der Waals surface area contributed by atoms with Crippen molar-refractivity contribution in [2.45, 2.75) is 39.2 Å². The van der Waals surface area contributed by atoms with Crippen molar-refractivity contribution in [2.75, 3.05) is 18.5 Å². The van der Waals surface area contributed by atoms with E-state index in [2.05, 4.69) is 17.2 Å². The van der Waals surface area contributed by atoms with Crippen LogP contribution in [-0.2, 0) is 6.54 Å². The molecule has 1 aliphatic heterocycles. The smallest absolute Gasteiger partial charge is 0.293 e. The minimum absolute atomic E-state index is 0.0382. The zero-order chi connectivity index (χ0) is 15.2. The molecule has 1 unspecified atom stereocenters. The second-order valence-corrected chi connectivity index (χ2v) is 5.69. The molecule has 0 aliphatic carbocycles. The lowest BCUT2D eigenvalue weighted by Gasteiger charge is -2.21. The van der Waals surface area contributed by atoms with Crippen LogP contribution in [0.3, 0.4) is 0 Å². The van der Waals surface area contributed by atoms with Crippen LogP contribution in [0, 0.1) is 16.0 Å². The molecule has 1 fully saturated rings. The van der Waals surface area contributed by atoms with Crippen LogP contribution in [0.1, 0.15) is 38.2 Å². The second-order valence-electron chi connectivity index (χ2n) is 5.69. The molecule has 21 heavy (non-hydrogen) atoms. The lowest BCUT2D eigenvalue weighted by atomic mass is 9.98. The van der Waals surface area contributed by atoms with Crippen LogP contribution in [-0.4, -0.2) is 22.9 Å². The summed E-state index contributed by atoms with van der Waals surface area (Å²) in [7, 11) is 0. The molecule has 0 bridgehead atoms. The predicted octanol–water partition coefficient (Wildman–Crippen LogP) is 2.89. The normalized spacial score (nSPS) is 20.0. The highest BCUT2D eigenvalue weighted by Gasteiger charge is 2.20. The summed E-state index contributed by atoms with van der Waals surface area (Å²) in [6.07, 6.45) is 4.92. The molecule has 1 heterocycles. The average Bonchev–Trinajstić information content (AvgIpc) is 2.72. The van der Waals surface area contributed by atoms with Gasteiger partial charge >= 0.3 is 0 Å². The third kappa shape index (κ3) is 3.92. The Morgan fingerprint density at radius 2 is 2.24 bits per heavy atom. The fourth-order valence-corrected chi connectivity index (χ4v) is 3.07. The fraction of sp³-hybridized carbons (Fsp3) is 0.600. The highest BCUT2D eigenvalue weighted by Crippen LogP contribution is 2.29. The van der Waals surface area contributed by atoms with Crippen LogP contribution >= 0.6 is 0 Å². The molecule has 0 spiro atoms. The monoisotopic (exact) mass is 292 g/mol. The molecule has 1 aliphatic rings. The number of para-hydroxylation sites is 1. The van der Waals surface area contributed by atoms with Crippen LogP contribution in [0.2, 0.25) is 0 Å². The van der Waals surface area contributed by atoms with E-state index in [0.29, 0.717) is 12.2 Å². The van der Waals surface area contributed by atoms with Crippen LogP contribution in [0.5, 0.6) is 0 Å². The van der Waals surface area contributed by atoms with E-state index in [0.717, 1.165) is 24.6 Å². The van der Waals surface area contributed by atoms with Gasteiger partial charge in [-0.1, -0.05) is 25.5 Å². The van der Waals surface area contributed by atoms with E-state index in [-0.39, 0.29) is 5.69 Å². The molecule has 0 amide bonds. The Morgan fingerprint density at radius 1 is 1.43 bits per heavy atom. The third-order valence-corrected chi connectivity index (χ3v) is 4.38. The number of nitrogens with two attached hydrogens (primary N) is 1. The van der Waals surface area contributed by atoms with E-state index < -0.39 is 4.92 Å². The molecule has 0 radical (unpaired) electrons. The number of nitrogen functional groups attached to an aromatic ring is 1. The zero-order valence-corrected chi connectivity index (χ0v) is 12.5. The summed E-state index contributed by atoms with van der Waals surface area (Å²) in [5.41, 5.74) is 3.86. The Balaban J connectivity index is 2.12. The van der Waals surface area contributed by atoms with Crippen molar-refractivity contribution in [2.24, 2.45) is 11.8 Å². The highest BCUT2D eigenvalue weighted by molar-refractivity contribution is 5.65. The fourth-order valence-electron chi connectivity index (χ4n) is 3.07. The SMILES string of the molecule is CCC1CCCN(Cc2cccc([N+](=O)[O-])c2NN)CC1. The minimum atomic E-state index is -0.395.